The molecular weight excluding hydrogens is 239 g/mol. The fourth-order valence-corrected chi connectivity index (χ4v) is 2.14. The lowest BCUT2D eigenvalue weighted by Gasteiger charge is -2.07. The molecule has 2 rings (SSSR count). The van der Waals surface area contributed by atoms with Crippen molar-refractivity contribution >= 4 is 17.0 Å². The van der Waals surface area contributed by atoms with Gasteiger partial charge in [-0.05, 0) is 19.1 Å². The Balaban J connectivity index is 2.04. The van der Waals surface area contributed by atoms with E-state index in [9.17, 15) is 4.39 Å². The molecule has 0 amide bonds. The molecule has 0 saturated heterocycles. The lowest BCUT2D eigenvalue weighted by Crippen LogP contribution is -2.00. The maximum Gasteiger partial charge on any atom is 0.165 e. The van der Waals surface area contributed by atoms with E-state index in [1.54, 1.807) is 23.5 Å². The third-order valence-corrected chi connectivity index (χ3v) is 3.23. The number of halogens is 1. The summed E-state index contributed by atoms with van der Waals surface area (Å²) in [5.74, 6) is -0.117. The van der Waals surface area contributed by atoms with Gasteiger partial charge in [-0.3, -0.25) is 0 Å². The predicted octanol–water partition coefficient (Wildman–Crippen LogP) is 3.21. The third-order valence-electron chi connectivity index (χ3n) is 2.26. The first-order valence-corrected chi connectivity index (χ1v) is 6.05. The zero-order valence-electron chi connectivity index (χ0n) is 9.66. The van der Waals surface area contributed by atoms with E-state index in [0.29, 0.717) is 6.54 Å². The van der Waals surface area contributed by atoms with Crippen LogP contribution in [0.2, 0.25) is 0 Å². The molecule has 90 valence electrons. The third kappa shape index (κ3) is 2.94. The summed E-state index contributed by atoms with van der Waals surface area (Å²) in [7, 11) is 1.45. The van der Waals surface area contributed by atoms with Gasteiger partial charge in [0.2, 0.25) is 0 Å². The van der Waals surface area contributed by atoms with Crippen LogP contribution in [0.5, 0.6) is 5.75 Å². The highest BCUT2D eigenvalue weighted by atomic mass is 32.1. The summed E-state index contributed by atoms with van der Waals surface area (Å²) in [5.41, 5.74) is 1.83. The van der Waals surface area contributed by atoms with Crippen LogP contribution in [0.25, 0.3) is 0 Å². The molecule has 0 unspecified atom stereocenters. The molecule has 1 aromatic carbocycles. The molecule has 5 heteroatoms. The summed E-state index contributed by atoms with van der Waals surface area (Å²) in [6.45, 7) is 2.59. The fourth-order valence-electron chi connectivity index (χ4n) is 1.43. The second-order valence-corrected chi connectivity index (χ2v) is 4.53. The smallest absolute Gasteiger partial charge is 0.165 e. The highest BCUT2D eigenvalue weighted by Crippen LogP contribution is 2.22. The number of nitrogens with zero attached hydrogens (tertiary/aromatic N) is 1. The highest BCUT2D eigenvalue weighted by molar-refractivity contribution is 7.09. The van der Waals surface area contributed by atoms with Crippen molar-refractivity contribution in [1.82, 2.24) is 4.98 Å². The summed E-state index contributed by atoms with van der Waals surface area (Å²) in [6, 6.07) is 4.70. The molecule has 0 aliphatic rings. The Bertz CT molecular complexity index is 513. The topological polar surface area (TPSA) is 34.1 Å². The number of hydrogen-bond donors (Lipinski definition) is 1. The Morgan fingerprint density at radius 1 is 1.47 bits per heavy atom. The van der Waals surface area contributed by atoms with Gasteiger partial charge < -0.3 is 10.1 Å². The SMILES string of the molecule is COc1cc(NCc2nc(C)cs2)ccc1F. The number of methoxy groups -OCH3 is 1. The monoisotopic (exact) mass is 252 g/mol. The average molecular weight is 252 g/mol. The molecule has 1 heterocycles. The molecule has 17 heavy (non-hydrogen) atoms. The van der Waals surface area contributed by atoms with Gasteiger partial charge in [0.05, 0.1) is 13.7 Å². The van der Waals surface area contributed by atoms with Gasteiger partial charge in [-0.2, -0.15) is 0 Å². The maximum atomic E-state index is 13.2. The Morgan fingerprint density at radius 3 is 2.94 bits per heavy atom. The van der Waals surface area contributed by atoms with Crippen LogP contribution in [0.15, 0.2) is 23.6 Å². The van der Waals surface area contributed by atoms with Gasteiger partial charge in [-0.15, -0.1) is 11.3 Å². The van der Waals surface area contributed by atoms with Crippen LogP contribution in [0, 0.1) is 12.7 Å². The normalized spacial score (nSPS) is 10.3. The number of benzene rings is 1. The Kier molecular flexibility index (Phi) is 3.58. The molecule has 2 aromatic rings. The highest BCUT2D eigenvalue weighted by Gasteiger charge is 2.04. The minimum absolute atomic E-state index is 0.241. The van der Waals surface area contributed by atoms with Crippen LogP contribution in [0.4, 0.5) is 10.1 Å². The zero-order chi connectivity index (χ0) is 12.3. The van der Waals surface area contributed by atoms with Crippen molar-refractivity contribution in [2.24, 2.45) is 0 Å². The van der Waals surface area contributed by atoms with E-state index in [2.05, 4.69) is 10.3 Å². The van der Waals surface area contributed by atoms with Crippen molar-refractivity contribution in [3.05, 3.63) is 40.1 Å². The van der Waals surface area contributed by atoms with E-state index in [1.807, 2.05) is 12.3 Å². The van der Waals surface area contributed by atoms with Crippen LogP contribution in [-0.2, 0) is 6.54 Å². The number of thiazole rings is 1. The lowest BCUT2D eigenvalue weighted by molar-refractivity contribution is 0.387. The van der Waals surface area contributed by atoms with Gasteiger partial charge in [-0.25, -0.2) is 9.37 Å². The number of ether oxygens (including phenoxy) is 1. The predicted molar refractivity (Wildman–Crippen MR) is 67.1 cm³/mol. The molecule has 1 aromatic heterocycles. The van der Waals surface area contributed by atoms with Crippen molar-refractivity contribution in [2.45, 2.75) is 13.5 Å². The Labute approximate surface area is 103 Å². The maximum absolute atomic E-state index is 13.2. The molecule has 0 aliphatic heterocycles. The number of anilines is 1. The number of rotatable bonds is 4. The molecule has 0 saturated carbocycles. The fraction of sp³-hybridized carbons (Fsp3) is 0.250. The van der Waals surface area contributed by atoms with Crippen LogP contribution >= 0.6 is 11.3 Å². The van der Waals surface area contributed by atoms with E-state index in [4.69, 9.17) is 4.74 Å². The Hall–Kier alpha value is -1.62. The van der Waals surface area contributed by atoms with Gasteiger partial charge in [0.15, 0.2) is 11.6 Å². The lowest BCUT2D eigenvalue weighted by atomic mass is 10.3. The van der Waals surface area contributed by atoms with Gasteiger partial charge in [0.25, 0.3) is 0 Å². The molecular formula is C12H13FN2OS. The summed E-state index contributed by atoms with van der Waals surface area (Å²) in [4.78, 5) is 4.34. The summed E-state index contributed by atoms with van der Waals surface area (Å²) in [6.07, 6.45) is 0. The van der Waals surface area contributed by atoms with Crippen LogP contribution in [0.1, 0.15) is 10.7 Å². The van der Waals surface area contributed by atoms with E-state index < -0.39 is 0 Å². The molecule has 0 atom stereocenters. The first-order chi connectivity index (χ1) is 8.19. The van der Waals surface area contributed by atoms with Gasteiger partial charge in [-0.1, -0.05) is 0 Å². The number of hydrogen-bond acceptors (Lipinski definition) is 4. The summed E-state index contributed by atoms with van der Waals surface area (Å²) >= 11 is 1.60. The molecule has 0 fully saturated rings. The van der Waals surface area contributed by atoms with E-state index >= 15 is 0 Å². The minimum Gasteiger partial charge on any atom is -0.494 e. The second kappa shape index (κ2) is 5.14. The van der Waals surface area contributed by atoms with Gasteiger partial charge in [0.1, 0.15) is 5.01 Å². The quantitative estimate of drug-likeness (QED) is 0.907. The van der Waals surface area contributed by atoms with E-state index in [0.717, 1.165) is 16.4 Å². The largest absolute Gasteiger partial charge is 0.494 e. The van der Waals surface area contributed by atoms with Crippen LogP contribution < -0.4 is 10.1 Å². The second-order valence-electron chi connectivity index (χ2n) is 3.59. The number of nitrogens with one attached hydrogen (secondary N) is 1. The molecule has 0 aliphatic carbocycles. The van der Waals surface area contributed by atoms with Crippen LogP contribution in [-0.4, -0.2) is 12.1 Å². The Morgan fingerprint density at radius 2 is 2.29 bits per heavy atom. The first-order valence-electron chi connectivity index (χ1n) is 5.17. The van der Waals surface area contributed by atoms with E-state index in [1.165, 1.54) is 13.2 Å². The standard InChI is InChI=1S/C12H13FN2OS/c1-8-7-17-12(15-8)6-14-9-3-4-10(13)11(5-9)16-2/h3-5,7,14H,6H2,1-2H3. The van der Waals surface area contributed by atoms with Crippen molar-refractivity contribution in [3.8, 4) is 5.75 Å². The average Bonchev–Trinajstić information content (AvgIpc) is 2.74. The first kappa shape index (κ1) is 11.9. The summed E-state index contributed by atoms with van der Waals surface area (Å²) in [5, 5.41) is 6.19. The van der Waals surface area contributed by atoms with Crippen molar-refractivity contribution < 1.29 is 9.13 Å². The van der Waals surface area contributed by atoms with Gasteiger partial charge in [0, 0.05) is 22.8 Å². The number of aryl methyl sites for hydroxylation is 1. The molecule has 1 N–H and O–H groups in total. The van der Waals surface area contributed by atoms with Crippen molar-refractivity contribution in [3.63, 3.8) is 0 Å². The van der Waals surface area contributed by atoms with E-state index in [-0.39, 0.29) is 11.6 Å². The molecule has 0 radical (unpaired) electrons. The summed E-state index contributed by atoms with van der Waals surface area (Å²) < 4.78 is 18.1. The van der Waals surface area contributed by atoms with Crippen molar-refractivity contribution in [2.75, 3.05) is 12.4 Å². The molecule has 0 spiro atoms. The zero-order valence-corrected chi connectivity index (χ0v) is 10.5. The molecule has 3 nitrogen and oxygen atoms in total. The number of aromatic nitrogens is 1. The van der Waals surface area contributed by atoms with Gasteiger partial charge >= 0.3 is 0 Å². The van der Waals surface area contributed by atoms with Crippen molar-refractivity contribution in [1.29, 1.82) is 0 Å². The minimum atomic E-state index is -0.358. The van der Waals surface area contributed by atoms with Crippen LogP contribution in [0.3, 0.4) is 0 Å². The molecule has 0 bridgehead atoms.